The normalized spacial score (nSPS) is 12.2. The van der Waals surface area contributed by atoms with Gasteiger partial charge in [0.2, 0.25) is 5.91 Å². The first kappa shape index (κ1) is 16.0. The molecular formula is C13H16F2N2O3. The maximum Gasteiger partial charge on any atom is 0.304 e. The Labute approximate surface area is 115 Å². The number of nitrogens with one attached hydrogen (secondary N) is 1. The number of carbonyl (C=O) groups is 2. The van der Waals surface area contributed by atoms with Crippen LogP contribution in [0.25, 0.3) is 0 Å². The fraction of sp³-hybridized carbons (Fsp3) is 0.385. The molecule has 0 aliphatic heterocycles. The van der Waals surface area contributed by atoms with Crippen molar-refractivity contribution in [2.45, 2.75) is 19.4 Å². The van der Waals surface area contributed by atoms with Crippen molar-refractivity contribution in [2.24, 2.45) is 0 Å². The fourth-order valence-electron chi connectivity index (χ4n) is 1.49. The third kappa shape index (κ3) is 4.58. The second kappa shape index (κ2) is 6.95. The van der Waals surface area contributed by atoms with Crippen LogP contribution < -0.4 is 5.32 Å². The smallest absolute Gasteiger partial charge is 0.304 e. The number of aliphatic carboxylic acids is 1. The van der Waals surface area contributed by atoms with Crippen molar-refractivity contribution in [3.8, 4) is 0 Å². The summed E-state index contributed by atoms with van der Waals surface area (Å²) in [5.41, 5.74) is 0.146. The van der Waals surface area contributed by atoms with Crippen LogP contribution in [0, 0.1) is 11.6 Å². The van der Waals surface area contributed by atoms with E-state index in [1.807, 2.05) is 0 Å². The number of likely N-dealkylation sites (N-methyl/N-ethyl adjacent to an activating group) is 1. The van der Waals surface area contributed by atoms with Crippen LogP contribution in [-0.4, -0.2) is 41.5 Å². The Bertz CT molecular complexity index is 508. The van der Waals surface area contributed by atoms with Crippen LogP contribution in [0.15, 0.2) is 18.2 Å². The summed E-state index contributed by atoms with van der Waals surface area (Å²) >= 11 is 0. The first-order valence-electron chi connectivity index (χ1n) is 5.99. The van der Waals surface area contributed by atoms with E-state index in [0.717, 1.165) is 12.1 Å². The Balaban J connectivity index is 2.60. The lowest BCUT2D eigenvalue weighted by Crippen LogP contribution is -2.40. The standard InChI is InChI=1S/C13H16F2N2O3/c1-8(17(2)6-5-12(18)19)13(20)16-9-3-4-10(14)11(15)7-9/h3-4,7-8H,5-6H2,1-2H3,(H,16,20)(H,18,19). The predicted molar refractivity (Wildman–Crippen MR) is 69.3 cm³/mol. The van der Waals surface area contributed by atoms with Crippen LogP contribution in [0.3, 0.4) is 0 Å². The highest BCUT2D eigenvalue weighted by molar-refractivity contribution is 5.94. The molecule has 0 saturated carbocycles. The number of hydrogen-bond acceptors (Lipinski definition) is 3. The fourth-order valence-corrected chi connectivity index (χ4v) is 1.49. The average molecular weight is 286 g/mol. The minimum atomic E-state index is -1.05. The van der Waals surface area contributed by atoms with E-state index in [-0.39, 0.29) is 18.7 Å². The van der Waals surface area contributed by atoms with Crippen LogP contribution in [0.2, 0.25) is 0 Å². The number of amides is 1. The van der Waals surface area contributed by atoms with Gasteiger partial charge >= 0.3 is 5.97 Å². The average Bonchev–Trinajstić information content (AvgIpc) is 2.39. The number of hydrogen-bond donors (Lipinski definition) is 2. The molecule has 2 N–H and O–H groups in total. The van der Waals surface area contributed by atoms with Crippen molar-refractivity contribution in [3.05, 3.63) is 29.8 Å². The topological polar surface area (TPSA) is 69.6 Å². The first-order valence-corrected chi connectivity index (χ1v) is 5.99. The molecule has 5 nitrogen and oxygen atoms in total. The molecule has 0 aromatic heterocycles. The zero-order valence-corrected chi connectivity index (χ0v) is 11.2. The lowest BCUT2D eigenvalue weighted by atomic mass is 10.2. The van der Waals surface area contributed by atoms with Gasteiger partial charge in [-0.05, 0) is 26.1 Å². The van der Waals surface area contributed by atoms with Gasteiger partial charge in [0.15, 0.2) is 11.6 Å². The van der Waals surface area contributed by atoms with Crippen LogP contribution >= 0.6 is 0 Å². The number of carbonyl (C=O) groups excluding carboxylic acids is 1. The number of halogens is 2. The van der Waals surface area contributed by atoms with Crippen molar-refractivity contribution < 1.29 is 23.5 Å². The van der Waals surface area contributed by atoms with Gasteiger partial charge in [-0.15, -0.1) is 0 Å². The molecule has 20 heavy (non-hydrogen) atoms. The Hall–Kier alpha value is -2.02. The lowest BCUT2D eigenvalue weighted by molar-refractivity contribution is -0.137. The Morgan fingerprint density at radius 1 is 1.35 bits per heavy atom. The quantitative estimate of drug-likeness (QED) is 0.835. The number of anilines is 1. The van der Waals surface area contributed by atoms with E-state index in [1.54, 1.807) is 18.9 Å². The summed E-state index contributed by atoms with van der Waals surface area (Å²) in [6.07, 6.45) is -0.0840. The van der Waals surface area contributed by atoms with Gasteiger partial charge in [0.1, 0.15) is 0 Å². The summed E-state index contributed by atoms with van der Waals surface area (Å²) in [5.74, 6) is -3.42. The molecule has 1 unspecified atom stereocenters. The third-order valence-electron chi connectivity index (χ3n) is 2.91. The zero-order valence-electron chi connectivity index (χ0n) is 11.2. The summed E-state index contributed by atoms with van der Waals surface area (Å²) in [6.45, 7) is 1.80. The van der Waals surface area contributed by atoms with Gasteiger partial charge in [-0.25, -0.2) is 8.78 Å². The molecule has 0 aliphatic carbocycles. The van der Waals surface area contributed by atoms with Crippen LogP contribution in [0.4, 0.5) is 14.5 Å². The number of carboxylic acids is 1. The van der Waals surface area contributed by atoms with Crippen LogP contribution in [0.5, 0.6) is 0 Å². The Morgan fingerprint density at radius 3 is 2.55 bits per heavy atom. The van der Waals surface area contributed by atoms with Crippen molar-refractivity contribution in [3.63, 3.8) is 0 Å². The third-order valence-corrected chi connectivity index (χ3v) is 2.91. The van der Waals surface area contributed by atoms with E-state index in [0.29, 0.717) is 0 Å². The predicted octanol–water partition coefficient (Wildman–Crippen LogP) is 1.70. The van der Waals surface area contributed by atoms with E-state index >= 15 is 0 Å². The second-order valence-electron chi connectivity index (χ2n) is 4.42. The summed E-state index contributed by atoms with van der Waals surface area (Å²) in [5, 5.41) is 11.0. The van der Waals surface area contributed by atoms with Gasteiger partial charge in [-0.2, -0.15) is 0 Å². The molecule has 110 valence electrons. The molecule has 0 bridgehead atoms. The lowest BCUT2D eigenvalue weighted by Gasteiger charge is -2.23. The summed E-state index contributed by atoms with van der Waals surface area (Å²) < 4.78 is 25.7. The monoisotopic (exact) mass is 286 g/mol. The van der Waals surface area contributed by atoms with Gasteiger partial charge < -0.3 is 10.4 Å². The van der Waals surface area contributed by atoms with Crippen molar-refractivity contribution in [1.29, 1.82) is 0 Å². The van der Waals surface area contributed by atoms with Gasteiger partial charge in [-0.3, -0.25) is 14.5 Å². The molecular weight excluding hydrogens is 270 g/mol. The zero-order chi connectivity index (χ0) is 15.3. The van der Waals surface area contributed by atoms with Gasteiger partial charge in [0, 0.05) is 18.3 Å². The molecule has 1 rings (SSSR count). The van der Waals surface area contributed by atoms with Crippen molar-refractivity contribution >= 4 is 17.6 Å². The molecule has 1 aromatic carbocycles. The van der Waals surface area contributed by atoms with E-state index < -0.39 is 29.6 Å². The molecule has 0 fully saturated rings. The van der Waals surface area contributed by atoms with Gasteiger partial charge in [0.05, 0.1) is 12.5 Å². The molecule has 1 atom stereocenters. The number of benzene rings is 1. The van der Waals surface area contributed by atoms with Gasteiger partial charge in [-0.1, -0.05) is 0 Å². The largest absolute Gasteiger partial charge is 0.481 e. The van der Waals surface area contributed by atoms with E-state index in [2.05, 4.69) is 5.32 Å². The first-order chi connectivity index (χ1) is 9.31. The van der Waals surface area contributed by atoms with E-state index in [1.165, 1.54) is 6.07 Å². The molecule has 1 aromatic rings. The summed E-state index contributed by atoms with van der Waals surface area (Å²) in [6, 6.07) is 2.46. The van der Waals surface area contributed by atoms with E-state index in [4.69, 9.17) is 5.11 Å². The molecule has 0 spiro atoms. The molecule has 0 saturated heterocycles. The van der Waals surface area contributed by atoms with Crippen LogP contribution in [0.1, 0.15) is 13.3 Å². The van der Waals surface area contributed by atoms with Gasteiger partial charge in [0.25, 0.3) is 0 Å². The maximum absolute atomic E-state index is 13.0. The molecule has 1 amide bonds. The van der Waals surface area contributed by atoms with Crippen molar-refractivity contribution in [2.75, 3.05) is 18.9 Å². The molecule has 7 heteroatoms. The Morgan fingerprint density at radius 2 is 2.00 bits per heavy atom. The number of carboxylic acid groups (broad SMARTS) is 1. The minimum Gasteiger partial charge on any atom is -0.481 e. The molecule has 0 aliphatic rings. The van der Waals surface area contributed by atoms with Crippen LogP contribution in [-0.2, 0) is 9.59 Å². The highest BCUT2D eigenvalue weighted by Crippen LogP contribution is 2.13. The summed E-state index contributed by atoms with van der Waals surface area (Å²) in [4.78, 5) is 23.9. The minimum absolute atomic E-state index is 0.0840. The van der Waals surface area contributed by atoms with Crippen molar-refractivity contribution in [1.82, 2.24) is 4.90 Å². The van der Waals surface area contributed by atoms with E-state index in [9.17, 15) is 18.4 Å². The maximum atomic E-state index is 13.0. The second-order valence-corrected chi connectivity index (χ2v) is 4.42. The number of nitrogens with zero attached hydrogens (tertiary/aromatic N) is 1. The highest BCUT2D eigenvalue weighted by Gasteiger charge is 2.19. The summed E-state index contributed by atoms with van der Waals surface area (Å²) in [7, 11) is 1.61. The SMILES string of the molecule is CC(C(=O)Nc1ccc(F)c(F)c1)N(C)CCC(=O)O. The molecule has 0 radical (unpaired) electrons. The molecule has 0 heterocycles. The highest BCUT2D eigenvalue weighted by atomic mass is 19.2. The number of rotatable bonds is 6. The Kier molecular flexibility index (Phi) is 5.57.